The van der Waals surface area contributed by atoms with Crippen molar-refractivity contribution in [2.24, 2.45) is 11.3 Å². The Labute approximate surface area is 223 Å². The van der Waals surface area contributed by atoms with Crippen LogP contribution in [0.4, 0.5) is 11.6 Å². The molecule has 4 heterocycles. The summed E-state index contributed by atoms with van der Waals surface area (Å²) in [5, 5.41) is 4.48. The van der Waals surface area contributed by atoms with Crippen molar-refractivity contribution in [2.45, 2.75) is 58.4 Å². The molecule has 0 aromatic carbocycles. The molecular weight excluding hydrogens is 506 g/mol. The van der Waals surface area contributed by atoms with Crippen LogP contribution < -0.4 is 20.1 Å². The minimum atomic E-state index is -4.26. The maximum absolute atomic E-state index is 13.4. The van der Waals surface area contributed by atoms with E-state index in [1.54, 1.807) is 29.1 Å². The minimum Gasteiger partial charge on any atom is -0.476 e. The van der Waals surface area contributed by atoms with E-state index in [-0.39, 0.29) is 27.2 Å². The van der Waals surface area contributed by atoms with E-state index in [0.717, 1.165) is 6.42 Å². The van der Waals surface area contributed by atoms with Crippen LogP contribution in [0.2, 0.25) is 0 Å². The number of carbonyl (C=O) groups is 1. The van der Waals surface area contributed by atoms with Gasteiger partial charge in [0, 0.05) is 30.5 Å². The fraction of sp³-hybridized carbons (Fsp3) is 0.462. The summed E-state index contributed by atoms with van der Waals surface area (Å²) < 4.78 is 35.4. The molecule has 11 nitrogen and oxygen atoms in total. The van der Waals surface area contributed by atoms with Gasteiger partial charge in [-0.3, -0.25) is 4.79 Å². The van der Waals surface area contributed by atoms with Crippen molar-refractivity contribution in [3.05, 3.63) is 48.3 Å². The lowest BCUT2D eigenvalue weighted by molar-refractivity contribution is 0.0981. The first-order chi connectivity index (χ1) is 17.7. The molecule has 12 heteroatoms. The molecule has 204 valence electrons. The molecule has 1 aliphatic rings. The van der Waals surface area contributed by atoms with E-state index in [0.29, 0.717) is 36.6 Å². The molecule has 0 spiro atoms. The molecular formula is C26H35N7O4S. The number of pyridine rings is 2. The minimum absolute atomic E-state index is 0.0247. The van der Waals surface area contributed by atoms with Gasteiger partial charge in [0.25, 0.3) is 15.9 Å². The summed E-state index contributed by atoms with van der Waals surface area (Å²) in [6.07, 6.45) is 4.01. The molecule has 1 atom stereocenters. The van der Waals surface area contributed by atoms with Gasteiger partial charge in [-0.25, -0.2) is 27.8 Å². The number of rotatable bonds is 7. The number of hydrogen-bond donors (Lipinski definition) is 2. The summed E-state index contributed by atoms with van der Waals surface area (Å²) in [5.41, 5.74) is 5.53. The highest BCUT2D eigenvalue weighted by atomic mass is 32.2. The van der Waals surface area contributed by atoms with Crippen molar-refractivity contribution in [1.82, 2.24) is 24.5 Å². The average molecular weight is 542 g/mol. The highest BCUT2D eigenvalue weighted by Crippen LogP contribution is 2.39. The molecule has 1 saturated heterocycles. The zero-order valence-electron chi connectivity index (χ0n) is 22.6. The summed E-state index contributed by atoms with van der Waals surface area (Å²) in [5.74, 6) is 0.616. The number of aromatic nitrogens is 4. The van der Waals surface area contributed by atoms with Gasteiger partial charge >= 0.3 is 0 Å². The van der Waals surface area contributed by atoms with E-state index in [1.165, 1.54) is 18.3 Å². The molecule has 0 bridgehead atoms. The van der Waals surface area contributed by atoms with Gasteiger partial charge in [0.05, 0.1) is 12.2 Å². The van der Waals surface area contributed by atoms with Crippen LogP contribution in [0.5, 0.6) is 5.88 Å². The van der Waals surface area contributed by atoms with Crippen molar-refractivity contribution in [3.8, 4) is 11.7 Å². The molecule has 1 aliphatic heterocycles. The predicted molar refractivity (Wildman–Crippen MR) is 145 cm³/mol. The van der Waals surface area contributed by atoms with Crippen LogP contribution in [-0.4, -0.2) is 52.8 Å². The summed E-state index contributed by atoms with van der Waals surface area (Å²) >= 11 is 0. The molecule has 0 radical (unpaired) electrons. The van der Waals surface area contributed by atoms with E-state index in [4.69, 9.17) is 15.5 Å². The normalized spacial score (nSPS) is 17.4. The zero-order chi connectivity index (χ0) is 27.9. The van der Waals surface area contributed by atoms with E-state index >= 15 is 0 Å². The van der Waals surface area contributed by atoms with Crippen LogP contribution in [0.3, 0.4) is 0 Å². The molecule has 1 amide bonds. The molecule has 1 fully saturated rings. The second-order valence-corrected chi connectivity index (χ2v) is 13.0. The topological polar surface area (TPSA) is 145 Å². The molecule has 3 N–H and O–H groups in total. The van der Waals surface area contributed by atoms with Gasteiger partial charge in [0.1, 0.15) is 16.5 Å². The first kappa shape index (κ1) is 27.4. The number of hydrogen-bond acceptors (Lipinski definition) is 9. The number of anilines is 2. The SMILES string of the molecule is CC1CCN(c2nc(-n3ccc(OCC(C)(C)C)n3)ccc2C(=O)NS(=O)(=O)c2cccnc2N)C1(C)C. The third-order valence-electron chi connectivity index (χ3n) is 6.82. The molecule has 3 aromatic rings. The maximum Gasteiger partial charge on any atom is 0.268 e. The molecule has 4 rings (SSSR count). The molecule has 3 aromatic heterocycles. The predicted octanol–water partition coefficient (Wildman–Crippen LogP) is 3.41. The van der Waals surface area contributed by atoms with Crippen molar-refractivity contribution in [3.63, 3.8) is 0 Å². The second-order valence-electron chi connectivity index (χ2n) is 11.3. The van der Waals surface area contributed by atoms with Crippen molar-refractivity contribution in [1.29, 1.82) is 0 Å². The molecule has 38 heavy (non-hydrogen) atoms. The highest BCUT2D eigenvalue weighted by molar-refractivity contribution is 7.90. The number of ether oxygens (including phenoxy) is 1. The lowest BCUT2D eigenvalue weighted by Gasteiger charge is -2.36. The van der Waals surface area contributed by atoms with Gasteiger partial charge in [-0.05, 0) is 55.9 Å². The Kier molecular flexibility index (Phi) is 7.13. The van der Waals surface area contributed by atoms with Crippen LogP contribution in [0.1, 0.15) is 58.3 Å². The number of amides is 1. The second kappa shape index (κ2) is 9.90. The largest absolute Gasteiger partial charge is 0.476 e. The first-order valence-corrected chi connectivity index (χ1v) is 13.9. The number of nitrogens with one attached hydrogen (secondary N) is 1. The zero-order valence-corrected chi connectivity index (χ0v) is 23.4. The number of carbonyl (C=O) groups excluding carboxylic acids is 1. The van der Waals surface area contributed by atoms with Crippen molar-refractivity contribution in [2.75, 3.05) is 23.8 Å². The monoisotopic (exact) mass is 541 g/mol. The number of nitrogens with two attached hydrogens (primary N) is 1. The number of sulfonamides is 1. The first-order valence-electron chi connectivity index (χ1n) is 12.4. The van der Waals surface area contributed by atoms with Crippen LogP contribution in [0.25, 0.3) is 5.82 Å². The van der Waals surface area contributed by atoms with Gasteiger partial charge < -0.3 is 15.4 Å². The molecule has 0 aliphatic carbocycles. The maximum atomic E-state index is 13.4. The Morgan fingerprint density at radius 3 is 2.61 bits per heavy atom. The van der Waals surface area contributed by atoms with Crippen LogP contribution in [-0.2, 0) is 10.0 Å². The van der Waals surface area contributed by atoms with Gasteiger partial charge in [0.15, 0.2) is 5.82 Å². The highest BCUT2D eigenvalue weighted by Gasteiger charge is 2.41. The van der Waals surface area contributed by atoms with Crippen molar-refractivity contribution < 1.29 is 17.9 Å². The Balaban J connectivity index is 1.71. The lowest BCUT2D eigenvalue weighted by Crippen LogP contribution is -2.44. The Hall–Kier alpha value is -3.67. The number of nitrogen functional groups attached to an aromatic ring is 1. The quantitative estimate of drug-likeness (QED) is 0.459. The summed E-state index contributed by atoms with van der Waals surface area (Å²) in [7, 11) is -4.26. The average Bonchev–Trinajstić information content (AvgIpc) is 3.41. The lowest BCUT2D eigenvalue weighted by atomic mass is 9.90. The number of nitrogens with zero attached hydrogens (tertiary/aromatic N) is 5. The Bertz CT molecular complexity index is 1440. The molecule has 1 unspecified atom stereocenters. The van der Waals surface area contributed by atoms with E-state index in [1.807, 2.05) is 4.90 Å². The van der Waals surface area contributed by atoms with Crippen molar-refractivity contribution >= 4 is 27.6 Å². The van der Waals surface area contributed by atoms with Crippen LogP contribution >= 0.6 is 0 Å². The van der Waals surface area contributed by atoms with E-state index in [2.05, 4.69) is 56.3 Å². The fourth-order valence-electron chi connectivity index (χ4n) is 4.22. The Morgan fingerprint density at radius 1 is 1.24 bits per heavy atom. The van der Waals surface area contributed by atoms with Gasteiger partial charge in [-0.1, -0.05) is 27.7 Å². The van der Waals surface area contributed by atoms with E-state index < -0.39 is 15.9 Å². The summed E-state index contributed by atoms with van der Waals surface area (Å²) in [4.78, 5) is 23.8. The van der Waals surface area contributed by atoms with Gasteiger partial charge in [0.2, 0.25) is 5.88 Å². The standard InChI is InChI=1S/C26H35N7O4S/c1-17-11-14-32(26(17,5)6)23-18(24(34)31-38(35,36)19-8-7-13-28-22(19)27)9-10-20(29-23)33-15-12-21(30-33)37-16-25(2,3)4/h7-10,12-13,15,17H,11,14,16H2,1-6H3,(H2,27,28)(H,31,34). The summed E-state index contributed by atoms with van der Waals surface area (Å²) in [6, 6.07) is 7.67. The Morgan fingerprint density at radius 2 is 1.97 bits per heavy atom. The summed E-state index contributed by atoms with van der Waals surface area (Å²) in [6.45, 7) is 13.7. The third-order valence-corrected chi connectivity index (χ3v) is 8.20. The van der Waals surface area contributed by atoms with E-state index in [9.17, 15) is 13.2 Å². The van der Waals surface area contributed by atoms with Gasteiger partial charge in [-0.15, -0.1) is 5.10 Å². The molecule has 0 saturated carbocycles. The van der Waals surface area contributed by atoms with Crippen LogP contribution in [0, 0.1) is 11.3 Å². The van der Waals surface area contributed by atoms with Crippen LogP contribution in [0.15, 0.2) is 47.6 Å². The smallest absolute Gasteiger partial charge is 0.268 e. The van der Waals surface area contributed by atoms with Gasteiger partial charge in [-0.2, -0.15) is 0 Å². The fourth-order valence-corrected chi connectivity index (χ4v) is 5.27. The third kappa shape index (κ3) is 5.59.